The first-order chi connectivity index (χ1) is 18.6. The number of aliphatic hydroxyl groups is 1. The van der Waals surface area contributed by atoms with Gasteiger partial charge in [0.1, 0.15) is 5.76 Å². The molecule has 1 saturated heterocycles. The van der Waals surface area contributed by atoms with Crippen LogP contribution in [0.2, 0.25) is 0 Å². The highest BCUT2D eigenvalue weighted by atomic mass is 16.5. The van der Waals surface area contributed by atoms with E-state index in [-0.39, 0.29) is 22.3 Å². The van der Waals surface area contributed by atoms with Gasteiger partial charge in [0.05, 0.1) is 24.3 Å². The third-order valence-corrected chi connectivity index (χ3v) is 7.13. The molecular formula is C33H29NO5. The van der Waals surface area contributed by atoms with Gasteiger partial charge in [0.25, 0.3) is 11.7 Å². The Labute approximate surface area is 227 Å². The molecule has 6 heteroatoms. The second kappa shape index (κ2) is 9.87. The molecule has 1 amide bonds. The van der Waals surface area contributed by atoms with Crippen LogP contribution in [0, 0.1) is 0 Å². The van der Waals surface area contributed by atoms with Crippen molar-refractivity contribution in [3.8, 4) is 0 Å². The van der Waals surface area contributed by atoms with Crippen LogP contribution in [0.5, 0.6) is 0 Å². The highest BCUT2D eigenvalue weighted by molar-refractivity contribution is 6.51. The molecule has 4 aromatic rings. The minimum atomic E-state index is -0.911. The highest BCUT2D eigenvalue weighted by Crippen LogP contribution is 2.43. The molecule has 4 aromatic carbocycles. The Hall–Kier alpha value is -4.71. The van der Waals surface area contributed by atoms with E-state index in [0.29, 0.717) is 16.8 Å². The van der Waals surface area contributed by atoms with Crippen molar-refractivity contribution in [2.24, 2.45) is 0 Å². The van der Waals surface area contributed by atoms with Crippen LogP contribution in [0.4, 0.5) is 5.69 Å². The van der Waals surface area contributed by atoms with Gasteiger partial charge >= 0.3 is 5.97 Å². The standard InChI is InChI=1S/C33H29NO5/c1-33(2,3)23-17-15-21(16-18-23)28-27(29(35)26-14-8-10-20-9-5-6-13-25(20)26)30(36)31(37)34(28)24-12-7-11-22(19-24)32(38)39-4/h5-19,28,35H,1-4H3/b29-27-. The Morgan fingerprint density at radius 3 is 2.23 bits per heavy atom. The number of rotatable bonds is 4. The van der Waals surface area contributed by atoms with E-state index in [1.54, 1.807) is 30.3 Å². The maximum Gasteiger partial charge on any atom is 0.337 e. The third kappa shape index (κ3) is 4.59. The average molecular weight is 520 g/mol. The number of hydrogen-bond donors (Lipinski definition) is 1. The number of anilines is 1. The van der Waals surface area contributed by atoms with Crippen LogP contribution < -0.4 is 4.90 Å². The molecule has 0 spiro atoms. The zero-order valence-electron chi connectivity index (χ0n) is 22.3. The van der Waals surface area contributed by atoms with Gasteiger partial charge in [0.2, 0.25) is 0 Å². The van der Waals surface area contributed by atoms with Crippen molar-refractivity contribution in [2.45, 2.75) is 32.2 Å². The van der Waals surface area contributed by atoms with Crippen molar-refractivity contribution in [3.05, 3.63) is 119 Å². The summed E-state index contributed by atoms with van der Waals surface area (Å²) in [6.45, 7) is 6.31. The number of Topliss-reactive ketones (excluding diaryl/α,β-unsaturated/α-hetero) is 1. The zero-order valence-corrected chi connectivity index (χ0v) is 22.3. The van der Waals surface area contributed by atoms with E-state index in [9.17, 15) is 19.5 Å². The fraction of sp³-hybridized carbons (Fsp3) is 0.182. The van der Waals surface area contributed by atoms with E-state index in [0.717, 1.165) is 16.3 Å². The molecule has 1 aliphatic heterocycles. The molecule has 1 N–H and O–H groups in total. The normalized spacial score (nSPS) is 17.0. The van der Waals surface area contributed by atoms with Crippen LogP contribution in [0.25, 0.3) is 16.5 Å². The lowest BCUT2D eigenvalue weighted by Crippen LogP contribution is -2.29. The van der Waals surface area contributed by atoms with E-state index in [1.165, 1.54) is 18.1 Å². The third-order valence-electron chi connectivity index (χ3n) is 7.13. The van der Waals surface area contributed by atoms with E-state index in [2.05, 4.69) is 20.8 Å². The molecule has 0 radical (unpaired) electrons. The van der Waals surface area contributed by atoms with Gasteiger partial charge in [-0.1, -0.05) is 93.6 Å². The van der Waals surface area contributed by atoms with Crippen LogP contribution in [0.3, 0.4) is 0 Å². The fourth-order valence-corrected chi connectivity index (χ4v) is 5.06. The topological polar surface area (TPSA) is 83.9 Å². The van der Waals surface area contributed by atoms with Crippen LogP contribution >= 0.6 is 0 Å². The first-order valence-corrected chi connectivity index (χ1v) is 12.7. The van der Waals surface area contributed by atoms with E-state index >= 15 is 0 Å². The van der Waals surface area contributed by atoms with Gasteiger partial charge < -0.3 is 9.84 Å². The lowest BCUT2D eigenvalue weighted by Gasteiger charge is -2.27. The number of carbonyl (C=O) groups excluding carboxylic acids is 3. The molecule has 0 aromatic heterocycles. The quantitative estimate of drug-likeness (QED) is 0.143. The summed E-state index contributed by atoms with van der Waals surface area (Å²) in [7, 11) is 1.28. The summed E-state index contributed by atoms with van der Waals surface area (Å²) in [4.78, 5) is 40.8. The molecule has 0 aliphatic carbocycles. The Morgan fingerprint density at radius 2 is 1.54 bits per heavy atom. The van der Waals surface area contributed by atoms with Crippen LogP contribution in [-0.4, -0.2) is 29.9 Å². The molecule has 6 nitrogen and oxygen atoms in total. The number of ether oxygens (including phenoxy) is 1. The summed E-state index contributed by atoms with van der Waals surface area (Å²) in [6.07, 6.45) is 0. The Kier molecular flexibility index (Phi) is 6.56. The number of carbonyl (C=O) groups is 3. The summed E-state index contributed by atoms with van der Waals surface area (Å²) >= 11 is 0. The molecule has 0 bridgehead atoms. The van der Waals surface area contributed by atoms with Crippen molar-refractivity contribution in [2.75, 3.05) is 12.0 Å². The van der Waals surface area contributed by atoms with Crippen LogP contribution in [-0.2, 0) is 19.7 Å². The zero-order chi connectivity index (χ0) is 27.9. The van der Waals surface area contributed by atoms with Crippen LogP contribution in [0.1, 0.15) is 53.9 Å². The minimum Gasteiger partial charge on any atom is -0.507 e. The molecule has 1 heterocycles. The molecule has 1 unspecified atom stereocenters. The molecule has 196 valence electrons. The Morgan fingerprint density at radius 1 is 0.872 bits per heavy atom. The van der Waals surface area contributed by atoms with Gasteiger partial charge in [0, 0.05) is 11.3 Å². The number of esters is 1. The van der Waals surface area contributed by atoms with Crippen molar-refractivity contribution < 1.29 is 24.2 Å². The lowest BCUT2D eigenvalue weighted by atomic mass is 9.85. The molecule has 1 aliphatic rings. The predicted molar refractivity (Wildman–Crippen MR) is 152 cm³/mol. The smallest absolute Gasteiger partial charge is 0.337 e. The first kappa shape index (κ1) is 25.9. The highest BCUT2D eigenvalue weighted by Gasteiger charge is 2.47. The van der Waals surface area contributed by atoms with Gasteiger partial charge in [-0.05, 0) is 45.5 Å². The van der Waals surface area contributed by atoms with Gasteiger partial charge in [-0.15, -0.1) is 0 Å². The van der Waals surface area contributed by atoms with Crippen molar-refractivity contribution in [1.82, 2.24) is 0 Å². The Bertz CT molecular complexity index is 1640. The largest absolute Gasteiger partial charge is 0.507 e. The number of aliphatic hydroxyl groups excluding tert-OH is 1. The maximum atomic E-state index is 13.6. The molecule has 1 atom stereocenters. The monoisotopic (exact) mass is 519 g/mol. The molecule has 0 saturated carbocycles. The second-order valence-corrected chi connectivity index (χ2v) is 10.6. The number of methoxy groups -OCH3 is 1. The summed E-state index contributed by atoms with van der Waals surface area (Å²) in [5.41, 5.74) is 2.69. The summed E-state index contributed by atoms with van der Waals surface area (Å²) < 4.78 is 4.86. The first-order valence-electron chi connectivity index (χ1n) is 12.7. The van der Waals surface area contributed by atoms with Crippen molar-refractivity contribution in [1.29, 1.82) is 0 Å². The van der Waals surface area contributed by atoms with Gasteiger partial charge in [-0.3, -0.25) is 14.5 Å². The SMILES string of the molecule is COC(=O)c1cccc(N2C(=O)C(=O)/C(=C(\O)c3cccc4ccccc34)C2c2ccc(C(C)(C)C)cc2)c1. The molecule has 39 heavy (non-hydrogen) atoms. The van der Waals surface area contributed by atoms with E-state index in [4.69, 9.17) is 4.74 Å². The van der Waals surface area contributed by atoms with Crippen LogP contribution in [0.15, 0.2) is 96.6 Å². The number of ketones is 1. The predicted octanol–water partition coefficient (Wildman–Crippen LogP) is 6.55. The number of benzene rings is 4. The average Bonchev–Trinajstić information content (AvgIpc) is 3.21. The maximum absolute atomic E-state index is 13.6. The van der Waals surface area contributed by atoms with Gasteiger partial charge in [-0.25, -0.2) is 4.79 Å². The van der Waals surface area contributed by atoms with Gasteiger partial charge in [-0.2, -0.15) is 0 Å². The number of amides is 1. The lowest BCUT2D eigenvalue weighted by molar-refractivity contribution is -0.132. The number of nitrogens with zero attached hydrogens (tertiary/aromatic N) is 1. The molecule has 5 rings (SSSR count). The minimum absolute atomic E-state index is 0.0108. The molecular weight excluding hydrogens is 490 g/mol. The summed E-state index contributed by atoms with van der Waals surface area (Å²) in [5, 5.41) is 13.3. The van der Waals surface area contributed by atoms with Crippen molar-refractivity contribution >= 4 is 39.9 Å². The van der Waals surface area contributed by atoms with Crippen molar-refractivity contribution in [3.63, 3.8) is 0 Å². The van der Waals surface area contributed by atoms with E-state index < -0.39 is 23.7 Å². The van der Waals surface area contributed by atoms with E-state index in [1.807, 2.05) is 54.6 Å². The number of fused-ring (bicyclic) bond motifs is 1. The van der Waals surface area contributed by atoms with Gasteiger partial charge in [0.15, 0.2) is 0 Å². The Balaban J connectivity index is 1.75. The second-order valence-electron chi connectivity index (χ2n) is 10.6. The number of hydrogen-bond acceptors (Lipinski definition) is 5. The fourth-order valence-electron chi connectivity index (χ4n) is 5.06. The molecule has 1 fully saturated rings. The summed E-state index contributed by atoms with van der Waals surface area (Å²) in [6, 6.07) is 26.2. The summed E-state index contributed by atoms with van der Waals surface area (Å²) in [5.74, 6) is -2.39.